The number of hydrogen-bond acceptors (Lipinski definition) is 4. The molecule has 0 atom stereocenters. The van der Waals surface area contributed by atoms with Crippen LogP contribution in [-0.2, 0) is 11.2 Å². The summed E-state index contributed by atoms with van der Waals surface area (Å²) in [5.41, 5.74) is 1.11. The van der Waals surface area contributed by atoms with Gasteiger partial charge in [-0.05, 0) is 36.2 Å². The van der Waals surface area contributed by atoms with E-state index >= 15 is 0 Å². The lowest BCUT2D eigenvalue weighted by molar-refractivity contribution is -0.116. The summed E-state index contributed by atoms with van der Waals surface area (Å²) in [5, 5.41) is 21.0. The molecule has 2 aromatic rings. The maximum Gasteiger partial charge on any atom is 0.337 e. The first kappa shape index (κ1) is 16.4. The predicted molar refractivity (Wildman–Crippen MR) is 85.0 cm³/mol. The van der Waals surface area contributed by atoms with E-state index in [2.05, 4.69) is 5.32 Å². The molecule has 120 valence electrons. The minimum Gasteiger partial charge on any atom is -0.508 e. The number of phenols is 1. The zero-order chi connectivity index (χ0) is 16.8. The number of aryl methyl sites for hydroxylation is 1. The van der Waals surface area contributed by atoms with E-state index in [-0.39, 0.29) is 29.3 Å². The molecule has 2 aromatic carbocycles. The van der Waals surface area contributed by atoms with Crippen molar-refractivity contribution in [2.24, 2.45) is 0 Å². The van der Waals surface area contributed by atoms with Crippen molar-refractivity contribution in [2.75, 3.05) is 12.4 Å². The number of methoxy groups -OCH3 is 1. The number of aromatic hydroxyl groups is 1. The molecule has 3 N–H and O–H groups in total. The normalized spacial score (nSPS) is 10.1. The number of anilines is 1. The molecule has 0 bridgehead atoms. The number of hydrogen-bond donors (Lipinski definition) is 3. The number of nitrogens with one attached hydrogen (secondary N) is 1. The van der Waals surface area contributed by atoms with Gasteiger partial charge >= 0.3 is 5.97 Å². The lowest BCUT2D eigenvalue weighted by Crippen LogP contribution is -2.15. The summed E-state index contributed by atoms with van der Waals surface area (Å²) in [7, 11) is 1.46. The van der Waals surface area contributed by atoms with Crippen molar-refractivity contribution in [1.29, 1.82) is 0 Å². The van der Waals surface area contributed by atoms with Crippen LogP contribution in [-0.4, -0.2) is 29.2 Å². The first-order valence-corrected chi connectivity index (χ1v) is 6.98. The molecule has 0 fully saturated rings. The van der Waals surface area contributed by atoms with Gasteiger partial charge in [-0.2, -0.15) is 0 Å². The van der Waals surface area contributed by atoms with Gasteiger partial charge in [-0.3, -0.25) is 4.79 Å². The Kier molecular flexibility index (Phi) is 5.19. The van der Waals surface area contributed by atoms with Crippen LogP contribution in [0.3, 0.4) is 0 Å². The van der Waals surface area contributed by atoms with Crippen LogP contribution in [0.5, 0.6) is 11.5 Å². The van der Waals surface area contributed by atoms with Gasteiger partial charge in [0.05, 0.1) is 18.4 Å². The molecular weight excluding hydrogens is 298 g/mol. The summed E-state index contributed by atoms with van der Waals surface area (Å²) in [6, 6.07) is 11.0. The monoisotopic (exact) mass is 315 g/mol. The topological polar surface area (TPSA) is 95.9 Å². The average molecular weight is 315 g/mol. The van der Waals surface area contributed by atoms with Gasteiger partial charge in [0.25, 0.3) is 0 Å². The highest BCUT2D eigenvalue weighted by atomic mass is 16.5. The maximum atomic E-state index is 12.0. The van der Waals surface area contributed by atoms with Gasteiger partial charge in [0.1, 0.15) is 11.5 Å². The van der Waals surface area contributed by atoms with Gasteiger partial charge in [-0.1, -0.05) is 12.1 Å². The molecule has 0 heterocycles. The number of carbonyl (C=O) groups excluding carboxylic acids is 1. The number of amides is 1. The van der Waals surface area contributed by atoms with Crippen LogP contribution in [0.25, 0.3) is 0 Å². The highest BCUT2D eigenvalue weighted by molar-refractivity contribution is 6.00. The summed E-state index contributed by atoms with van der Waals surface area (Å²) in [5.74, 6) is -0.792. The van der Waals surface area contributed by atoms with Crippen LogP contribution in [0.15, 0.2) is 42.5 Å². The molecule has 0 radical (unpaired) electrons. The Bertz CT molecular complexity index is 709. The fraction of sp³-hybridized carbons (Fsp3) is 0.176. The molecule has 6 nitrogen and oxygen atoms in total. The SMILES string of the molecule is COc1ccc(C(=O)O)c(NC(=O)CCc2ccc(O)cc2)c1. The smallest absolute Gasteiger partial charge is 0.337 e. The molecule has 23 heavy (non-hydrogen) atoms. The highest BCUT2D eigenvalue weighted by Crippen LogP contribution is 2.23. The minimum absolute atomic E-state index is 0.00350. The number of aromatic carboxylic acids is 1. The van der Waals surface area contributed by atoms with Crippen LogP contribution in [0.4, 0.5) is 5.69 Å². The minimum atomic E-state index is -1.12. The Balaban J connectivity index is 2.04. The largest absolute Gasteiger partial charge is 0.508 e. The summed E-state index contributed by atoms with van der Waals surface area (Å²) < 4.78 is 5.04. The van der Waals surface area contributed by atoms with Crippen LogP contribution < -0.4 is 10.1 Å². The quantitative estimate of drug-likeness (QED) is 0.761. The van der Waals surface area contributed by atoms with E-state index in [1.165, 1.54) is 25.3 Å². The lowest BCUT2D eigenvalue weighted by Gasteiger charge is -2.10. The second-order valence-electron chi connectivity index (χ2n) is 4.93. The van der Waals surface area contributed by atoms with Gasteiger partial charge in [-0.25, -0.2) is 4.79 Å². The van der Waals surface area contributed by atoms with Crippen LogP contribution >= 0.6 is 0 Å². The van der Waals surface area contributed by atoms with Crippen LogP contribution in [0, 0.1) is 0 Å². The van der Waals surface area contributed by atoms with Gasteiger partial charge in [0.2, 0.25) is 5.91 Å². The molecule has 0 aliphatic heterocycles. The van der Waals surface area contributed by atoms with Crippen molar-refractivity contribution in [3.05, 3.63) is 53.6 Å². The molecule has 6 heteroatoms. The summed E-state index contributed by atoms with van der Waals surface area (Å²) in [6.45, 7) is 0. The van der Waals surface area contributed by atoms with E-state index in [4.69, 9.17) is 9.84 Å². The first-order chi connectivity index (χ1) is 11.0. The van der Waals surface area contributed by atoms with E-state index in [9.17, 15) is 14.7 Å². The summed E-state index contributed by atoms with van der Waals surface area (Å²) >= 11 is 0. The summed E-state index contributed by atoms with van der Waals surface area (Å²) in [6.07, 6.45) is 0.680. The maximum absolute atomic E-state index is 12.0. The van der Waals surface area contributed by atoms with E-state index in [0.29, 0.717) is 12.2 Å². The fourth-order valence-electron chi connectivity index (χ4n) is 2.07. The number of rotatable bonds is 6. The predicted octanol–water partition coefficient (Wildman–Crippen LogP) is 2.67. The number of ether oxygens (including phenoxy) is 1. The lowest BCUT2D eigenvalue weighted by atomic mass is 10.1. The molecule has 1 amide bonds. The zero-order valence-electron chi connectivity index (χ0n) is 12.6. The number of benzene rings is 2. The Morgan fingerprint density at radius 3 is 2.43 bits per heavy atom. The fourth-order valence-corrected chi connectivity index (χ4v) is 2.07. The second-order valence-corrected chi connectivity index (χ2v) is 4.93. The number of carboxylic acids is 1. The Hall–Kier alpha value is -3.02. The Morgan fingerprint density at radius 2 is 1.83 bits per heavy atom. The van der Waals surface area contributed by atoms with Crippen molar-refractivity contribution in [3.8, 4) is 11.5 Å². The van der Waals surface area contributed by atoms with E-state index in [1.807, 2.05) is 0 Å². The molecule has 0 aliphatic carbocycles. The average Bonchev–Trinajstić information content (AvgIpc) is 2.54. The van der Waals surface area contributed by atoms with Crippen LogP contribution in [0.1, 0.15) is 22.3 Å². The van der Waals surface area contributed by atoms with E-state index in [1.54, 1.807) is 24.3 Å². The molecule has 0 spiro atoms. The van der Waals surface area contributed by atoms with Crippen LogP contribution in [0.2, 0.25) is 0 Å². The number of carbonyl (C=O) groups is 2. The van der Waals surface area contributed by atoms with E-state index < -0.39 is 5.97 Å². The van der Waals surface area contributed by atoms with E-state index in [0.717, 1.165) is 5.56 Å². The van der Waals surface area contributed by atoms with Crippen molar-refractivity contribution >= 4 is 17.6 Å². The molecule has 0 aromatic heterocycles. The Morgan fingerprint density at radius 1 is 1.13 bits per heavy atom. The third-order valence-corrected chi connectivity index (χ3v) is 3.31. The molecule has 2 rings (SSSR count). The van der Waals surface area contributed by atoms with Gasteiger partial charge < -0.3 is 20.3 Å². The molecule has 0 unspecified atom stereocenters. The van der Waals surface area contributed by atoms with Crippen molar-refractivity contribution in [3.63, 3.8) is 0 Å². The zero-order valence-corrected chi connectivity index (χ0v) is 12.6. The van der Waals surface area contributed by atoms with Gasteiger partial charge in [-0.15, -0.1) is 0 Å². The Labute approximate surface area is 133 Å². The van der Waals surface area contributed by atoms with Gasteiger partial charge in [0.15, 0.2) is 0 Å². The summed E-state index contributed by atoms with van der Waals surface area (Å²) in [4.78, 5) is 23.2. The third kappa shape index (κ3) is 4.47. The van der Waals surface area contributed by atoms with Gasteiger partial charge in [0, 0.05) is 12.5 Å². The molecule has 0 saturated heterocycles. The molecular formula is C17H17NO5. The highest BCUT2D eigenvalue weighted by Gasteiger charge is 2.13. The second kappa shape index (κ2) is 7.31. The molecule has 0 aliphatic rings. The first-order valence-electron chi connectivity index (χ1n) is 6.98. The molecule has 0 saturated carbocycles. The number of phenolic OH excluding ortho intramolecular Hbond substituents is 1. The van der Waals surface area contributed by atoms with Crippen molar-refractivity contribution in [1.82, 2.24) is 0 Å². The van der Waals surface area contributed by atoms with Crippen molar-refractivity contribution in [2.45, 2.75) is 12.8 Å². The van der Waals surface area contributed by atoms with Crippen molar-refractivity contribution < 1.29 is 24.5 Å². The third-order valence-electron chi connectivity index (χ3n) is 3.31. The number of carboxylic acid groups (broad SMARTS) is 1. The standard InChI is InChI=1S/C17H17NO5/c1-23-13-7-8-14(17(21)22)15(10-13)18-16(20)9-4-11-2-5-12(19)6-3-11/h2-3,5-8,10,19H,4,9H2,1H3,(H,18,20)(H,21,22).